The Bertz CT molecular complexity index is 475. The van der Waals surface area contributed by atoms with E-state index in [2.05, 4.69) is 10.6 Å². The molecule has 0 radical (unpaired) electrons. The highest BCUT2D eigenvalue weighted by Crippen LogP contribution is 2.16. The molecular weight excluding hydrogens is 244 g/mol. The Morgan fingerprint density at radius 1 is 1.42 bits per heavy atom. The molecule has 1 aromatic carbocycles. The van der Waals surface area contributed by atoms with Crippen molar-refractivity contribution in [2.24, 2.45) is 0 Å². The van der Waals surface area contributed by atoms with Crippen molar-refractivity contribution < 1.29 is 9.59 Å². The van der Waals surface area contributed by atoms with Gasteiger partial charge in [-0.05, 0) is 18.6 Å². The SMILES string of the molecule is Nc1ccccc1NC(=O)CN1CCCNC(=O)C1. The standard InChI is InChI=1S/C13H18N4O2/c14-10-4-1-2-5-11(10)16-13(19)9-17-7-3-6-15-12(18)8-17/h1-2,4-5H,3,6-9,14H2,(H,15,18)(H,16,19). The largest absolute Gasteiger partial charge is 0.397 e. The van der Waals surface area contributed by atoms with E-state index in [-0.39, 0.29) is 24.9 Å². The van der Waals surface area contributed by atoms with Crippen LogP contribution in [-0.4, -0.2) is 42.9 Å². The van der Waals surface area contributed by atoms with Crippen LogP contribution in [0.2, 0.25) is 0 Å². The lowest BCUT2D eigenvalue weighted by atomic mass is 10.2. The molecule has 0 unspecified atom stereocenters. The molecule has 6 nitrogen and oxygen atoms in total. The van der Waals surface area contributed by atoms with Crippen LogP contribution < -0.4 is 16.4 Å². The fourth-order valence-electron chi connectivity index (χ4n) is 2.01. The summed E-state index contributed by atoms with van der Waals surface area (Å²) in [6.07, 6.45) is 0.854. The first-order valence-electron chi connectivity index (χ1n) is 6.28. The minimum Gasteiger partial charge on any atom is -0.397 e. The normalized spacial score (nSPS) is 16.5. The zero-order chi connectivity index (χ0) is 13.7. The highest BCUT2D eigenvalue weighted by Gasteiger charge is 2.17. The maximum absolute atomic E-state index is 11.9. The molecule has 1 aromatic rings. The Morgan fingerprint density at radius 2 is 2.21 bits per heavy atom. The second-order valence-corrected chi connectivity index (χ2v) is 4.55. The van der Waals surface area contributed by atoms with E-state index in [1.54, 1.807) is 12.1 Å². The predicted octanol–water partition coefficient (Wildman–Crippen LogP) is 0.0292. The molecule has 1 fully saturated rings. The summed E-state index contributed by atoms with van der Waals surface area (Å²) in [5, 5.41) is 5.53. The number of anilines is 2. The van der Waals surface area contributed by atoms with Crippen molar-refractivity contribution >= 4 is 23.2 Å². The molecule has 2 amide bonds. The fraction of sp³-hybridized carbons (Fsp3) is 0.385. The Balaban J connectivity index is 1.90. The first-order valence-corrected chi connectivity index (χ1v) is 6.28. The number of rotatable bonds is 3. The zero-order valence-electron chi connectivity index (χ0n) is 10.7. The molecule has 19 heavy (non-hydrogen) atoms. The quantitative estimate of drug-likeness (QED) is 0.671. The average Bonchev–Trinajstić information content (AvgIpc) is 2.56. The molecular formula is C13H18N4O2. The molecule has 0 atom stereocenters. The van der Waals surface area contributed by atoms with Crippen LogP contribution in [0.4, 0.5) is 11.4 Å². The molecule has 2 rings (SSSR count). The molecule has 6 heteroatoms. The van der Waals surface area contributed by atoms with Crippen molar-refractivity contribution in [3.63, 3.8) is 0 Å². The summed E-state index contributed by atoms with van der Waals surface area (Å²) in [4.78, 5) is 25.1. The van der Waals surface area contributed by atoms with Gasteiger partial charge in [-0.25, -0.2) is 0 Å². The molecule has 0 spiro atoms. The molecule has 0 saturated carbocycles. The van der Waals surface area contributed by atoms with E-state index in [1.807, 2.05) is 17.0 Å². The van der Waals surface area contributed by atoms with Crippen LogP contribution in [-0.2, 0) is 9.59 Å². The van der Waals surface area contributed by atoms with Gasteiger partial charge in [-0.2, -0.15) is 0 Å². The third-order valence-corrected chi connectivity index (χ3v) is 2.94. The number of nitrogens with one attached hydrogen (secondary N) is 2. The molecule has 4 N–H and O–H groups in total. The predicted molar refractivity (Wildman–Crippen MR) is 73.6 cm³/mol. The Hall–Kier alpha value is -2.08. The van der Waals surface area contributed by atoms with Crippen LogP contribution in [0.3, 0.4) is 0 Å². The fourth-order valence-corrected chi connectivity index (χ4v) is 2.01. The average molecular weight is 262 g/mol. The van der Waals surface area contributed by atoms with Crippen LogP contribution in [0.5, 0.6) is 0 Å². The first-order chi connectivity index (χ1) is 9.15. The van der Waals surface area contributed by atoms with Crippen molar-refractivity contribution in [1.82, 2.24) is 10.2 Å². The van der Waals surface area contributed by atoms with Crippen LogP contribution in [0.25, 0.3) is 0 Å². The highest BCUT2D eigenvalue weighted by atomic mass is 16.2. The molecule has 0 aromatic heterocycles. The van der Waals surface area contributed by atoms with Crippen molar-refractivity contribution in [2.75, 3.05) is 37.2 Å². The number of benzene rings is 1. The third kappa shape index (κ3) is 3.96. The van der Waals surface area contributed by atoms with E-state index < -0.39 is 0 Å². The van der Waals surface area contributed by atoms with Crippen molar-refractivity contribution in [3.05, 3.63) is 24.3 Å². The van der Waals surface area contributed by atoms with Gasteiger partial charge in [0.2, 0.25) is 11.8 Å². The first kappa shape index (κ1) is 13.4. The monoisotopic (exact) mass is 262 g/mol. The number of para-hydroxylation sites is 2. The molecule has 102 valence electrons. The summed E-state index contributed by atoms with van der Waals surface area (Å²) < 4.78 is 0. The van der Waals surface area contributed by atoms with Gasteiger partial charge in [0.1, 0.15) is 0 Å². The number of carbonyl (C=O) groups excluding carboxylic acids is 2. The van der Waals surface area contributed by atoms with Crippen LogP contribution >= 0.6 is 0 Å². The molecule has 1 saturated heterocycles. The number of nitrogens with two attached hydrogens (primary N) is 1. The van der Waals surface area contributed by atoms with Crippen LogP contribution in [0, 0.1) is 0 Å². The smallest absolute Gasteiger partial charge is 0.238 e. The molecule has 0 aliphatic carbocycles. The van der Waals surface area contributed by atoms with Crippen LogP contribution in [0.15, 0.2) is 24.3 Å². The Labute approximate surface area is 112 Å². The molecule has 1 heterocycles. The highest BCUT2D eigenvalue weighted by molar-refractivity contribution is 5.95. The van der Waals surface area contributed by atoms with Gasteiger partial charge in [-0.1, -0.05) is 12.1 Å². The summed E-state index contributed by atoms with van der Waals surface area (Å²) in [5.41, 5.74) is 6.89. The minimum absolute atomic E-state index is 0.0375. The van der Waals surface area contributed by atoms with Gasteiger partial charge in [-0.3, -0.25) is 14.5 Å². The van der Waals surface area contributed by atoms with Crippen molar-refractivity contribution in [3.8, 4) is 0 Å². The maximum atomic E-state index is 11.9. The molecule has 1 aliphatic heterocycles. The number of nitrogen functional groups attached to an aromatic ring is 1. The summed E-state index contributed by atoms with van der Waals surface area (Å²) in [6, 6.07) is 7.10. The van der Waals surface area contributed by atoms with Crippen molar-refractivity contribution in [1.29, 1.82) is 0 Å². The summed E-state index contributed by atoms with van der Waals surface area (Å²) in [7, 11) is 0. The van der Waals surface area contributed by atoms with Gasteiger partial charge in [0.25, 0.3) is 0 Å². The van der Waals surface area contributed by atoms with E-state index in [9.17, 15) is 9.59 Å². The number of nitrogens with zero attached hydrogens (tertiary/aromatic N) is 1. The zero-order valence-corrected chi connectivity index (χ0v) is 10.7. The minimum atomic E-state index is -0.160. The Morgan fingerprint density at radius 3 is 3.00 bits per heavy atom. The number of hydrogen-bond acceptors (Lipinski definition) is 4. The number of hydrogen-bond donors (Lipinski definition) is 3. The van der Waals surface area contributed by atoms with E-state index in [4.69, 9.17) is 5.73 Å². The van der Waals surface area contributed by atoms with Gasteiger partial charge >= 0.3 is 0 Å². The number of amides is 2. The van der Waals surface area contributed by atoms with E-state index in [0.717, 1.165) is 13.0 Å². The lowest BCUT2D eigenvalue weighted by Gasteiger charge is -2.18. The second kappa shape index (κ2) is 6.19. The summed E-state index contributed by atoms with van der Waals surface area (Å²) in [6.45, 7) is 1.86. The van der Waals surface area contributed by atoms with E-state index >= 15 is 0 Å². The summed E-state index contributed by atoms with van der Waals surface area (Å²) in [5.74, 6) is -0.197. The van der Waals surface area contributed by atoms with Gasteiger partial charge in [0.05, 0.1) is 24.5 Å². The Kier molecular flexibility index (Phi) is 4.35. The molecule has 1 aliphatic rings. The maximum Gasteiger partial charge on any atom is 0.238 e. The van der Waals surface area contributed by atoms with Gasteiger partial charge in [0, 0.05) is 13.1 Å². The lowest BCUT2D eigenvalue weighted by molar-refractivity contribution is -0.122. The second-order valence-electron chi connectivity index (χ2n) is 4.55. The van der Waals surface area contributed by atoms with Crippen molar-refractivity contribution in [2.45, 2.75) is 6.42 Å². The van der Waals surface area contributed by atoms with Gasteiger partial charge in [-0.15, -0.1) is 0 Å². The van der Waals surface area contributed by atoms with Crippen LogP contribution in [0.1, 0.15) is 6.42 Å². The summed E-state index contributed by atoms with van der Waals surface area (Å²) >= 11 is 0. The molecule has 0 bridgehead atoms. The lowest BCUT2D eigenvalue weighted by Crippen LogP contribution is -2.38. The van der Waals surface area contributed by atoms with Gasteiger partial charge < -0.3 is 16.4 Å². The van der Waals surface area contributed by atoms with Gasteiger partial charge in [0.15, 0.2) is 0 Å². The van der Waals surface area contributed by atoms with E-state index in [0.29, 0.717) is 17.9 Å². The third-order valence-electron chi connectivity index (χ3n) is 2.94. The van der Waals surface area contributed by atoms with E-state index in [1.165, 1.54) is 0 Å². The topological polar surface area (TPSA) is 87.5 Å². The number of carbonyl (C=O) groups is 2.